The molecule has 2 aromatic carbocycles. The summed E-state index contributed by atoms with van der Waals surface area (Å²) in [5.74, 6) is -1.32. The van der Waals surface area contributed by atoms with Gasteiger partial charge in [0.15, 0.2) is 0 Å². The van der Waals surface area contributed by atoms with Crippen molar-refractivity contribution in [3.8, 4) is 11.1 Å². The molecule has 0 aliphatic heterocycles. The smallest absolute Gasteiger partial charge is 0.307 e. The van der Waals surface area contributed by atoms with Crippen molar-refractivity contribution in [2.24, 2.45) is 16.7 Å². The van der Waals surface area contributed by atoms with Crippen LogP contribution in [0.4, 0.5) is 0 Å². The van der Waals surface area contributed by atoms with Gasteiger partial charge in [0.2, 0.25) is 0 Å². The van der Waals surface area contributed by atoms with E-state index in [1.807, 2.05) is 38.1 Å². The van der Waals surface area contributed by atoms with Crippen molar-refractivity contribution < 1.29 is 9.90 Å². The normalized spacial score (nSPS) is 23.3. The zero-order valence-electron chi connectivity index (χ0n) is 15.1. The Kier molecular flexibility index (Phi) is 4.94. The molecule has 136 valence electrons. The first-order valence-electron chi connectivity index (χ1n) is 8.61. The van der Waals surface area contributed by atoms with Gasteiger partial charge in [0.25, 0.3) is 0 Å². The first-order chi connectivity index (χ1) is 12.2. The van der Waals surface area contributed by atoms with Crippen LogP contribution in [0.1, 0.15) is 25.0 Å². The van der Waals surface area contributed by atoms with Crippen molar-refractivity contribution >= 4 is 29.2 Å². The average Bonchev–Trinajstić information content (AvgIpc) is 3.03. The fraction of sp³-hybridized carbons (Fsp3) is 0.318. The second-order valence-electron chi connectivity index (χ2n) is 7.60. The number of benzene rings is 2. The van der Waals surface area contributed by atoms with Crippen LogP contribution in [-0.2, 0) is 11.2 Å². The van der Waals surface area contributed by atoms with Crippen LogP contribution in [0.3, 0.4) is 0 Å². The molecule has 26 heavy (non-hydrogen) atoms. The molecule has 0 bridgehead atoms. The van der Waals surface area contributed by atoms with Gasteiger partial charge < -0.3 is 5.11 Å². The first kappa shape index (κ1) is 19.0. The van der Waals surface area contributed by atoms with Crippen LogP contribution in [-0.4, -0.2) is 11.1 Å². The summed E-state index contributed by atoms with van der Waals surface area (Å²) in [5, 5.41) is 9.70. The molecule has 2 nitrogen and oxygen atoms in total. The highest BCUT2D eigenvalue weighted by molar-refractivity contribution is 6.55. The molecule has 0 radical (unpaired) electrons. The van der Waals surface area contributed by atoms with Gasteiger partial charge in [0, 0.05) is 5.41 Å². The first-order valence-corrected chi connectivity index (χ1v) is 9.37. The van der Waals surface area contributed by atoms with Crippen LogP contribution in [0.15, 0.2) is 59.1 Å². The Morgan fingerprint density at radius 1 is 1.12 bits per heavy atom. The minimum Gasteiger partial charge on any atom is -0.481 e. The molecular formula is C22H22Cl2O2. The van der Waals surface area contributed by atoms with Crippen LogP contribution < -0.4 is 0 Å². The summed E-state index contributed by atoms with van der Waals surface area (Å²) in [5.41, 5.74) is 3.58. The van der Waals surface area contributed by atoms with E-state index in [0.717, 1.165) is 22.3 Å². The van der Waals surface area contributed by atoms with Crippen LogP contribution in [0.5, 0.6) is 0 Å². The third kappa shape index (κ3) is 3.06. The van der Waals surface area contributed by atoms with E-state index >= 15 is 0 Å². The second-order valence-corrected chi connectivity index (χ2v) is 8.61. The third-order valence-electron chi connectivity index (χ3n) is 5.98. The largest absolute Gasteiger partial charge is 0.481 e. The number of aliphatic carboxylic acids is 1. The Hall–Kier alpha value is -1.77. The Balaban J connectivity index is 2.05. The highest BCUT2D eigenvalue weighted by Gasteiger charge is 2.73. The maximum atomic E-state index is 11.8. The average molecular weight is 389 g/mol. The molecule has 2 aromatic rings. The van der Waals surface area contributed by atoms with E-state index in [-0.39, 0.29) is 4.49 Å². The topological polar surface area (TPSA) is 37.3 Å². The molecular weight excluding hydrogens is 367 g/mol. The molecule has 0 saturated heterocycles. The highest BCUT2D eigenvalue weighted by atomic mass is 35.5. The fourth-order valence-corrected chi connectivity index (χ4v) is 4.77. The minimum absolute atomic E-state index is 0.124. The van der Waals surface area contributed by atoms with Crippen molar-refractivity contribution in [3.05, 3.63) is 70.2 Å². The van der Waals surface area contributed by atoms with Gasteiger partial charge in [-0.2, -0.15) is 0 Å². The van der Waals surface area contributed by atoms with E-state index in [4.69, 9.17) is 23.2 Å². The van der Waals surface area contributed by atoms with Gasteiger partial charge in [-0.25, -0.2) is 0 Å². The number of carboxylic acids is 1. The maximum absolute atomic E-state index is 11.8. The van der Waals surface area contributed by atoms with Crippen molar-refractivity contribution in [1.29, 1.82) is 0 Å². The summed E-state index contributed by atoms with van der Waals surface area (Å²) in [6.45, 7) is 6.02. The summed E-state index contributed by atoms with van der Waals surface area (Å²) < 4.78 is 0.124. The zero-order chi connectivity index (χ0) is 19.1. The number of hydrogen-bond donors (Lipinski definition) is 1. The Morgan fingerprint density at radius 2 is 1.77 bits per heavy atom. The third-order valence-corrected chi connectivity index (χ3v) is 6.20. The Bertz CT molecular complexity index is 867. The SMILES string of the molecule is Cc1c(C[C@]2(C=C(Cl)Cl)[C@@H](C(=O)O)C2(C)C)cccc1-c1ccccc1. The second kappa shape index (κ2) is 6.75. The highest BCUT2D eigenvalue weighted by Crippen LogP contribution is 2.71. The van der Waals surface area contributed by atoms with Crippen LogP contribution in [0.25, 0.3) is 11.1 Å². The van der Waals surface area contributed by atoms with Crippen molar-refractivity contribution in [2.45, 2.75) is 27.2 Å². The number of halogens is 2. The lowest BCUT2D eigenvalue weighted by Crippen LogP contribution is -2.13. The van der Waals surface area contributed by atoms with E-state index in [0.29, 0.717) is 6.42 Å². The summed E-state index contributed by atoms with van der Waals surface area (Å²) in [6, 6.07) is 16.4. The summed E-state index contributed by atoms with van der Waals surface area (Å²) in [6.07, 6.45) is 2.32. The molecule has 0 spiro atoms. The molecule has 0 amide bonds. The lowest BCUT2D eigenvalue weighted by atomic mass is 9.85. The van der Waals surface area contributed by atoms with Gasteiger partial charge in [-0.15, -0.1) is 0 Å². The molecule has 0 heterocycles. The van der Waals surface area contributed by atoms with E-state index in [1.165, 1.54) is 0 Å². The van der Waals surface area contributed by atoms with Gasteiger partial charge in [0.05, 0.1) is 5.92 Å². The summed E-state index contributed by atoms with van der Waals surface area (Å²) >= 11 is 11.9. The molecule has 1 fully saturated rings. The lowest BCUT2D eigenvalue weighted by molar-refractivity contribution is -0.139. The van der Waals surface area contributed by atoms with E-state index in [1.54, 1.807) is 6.08 Å². The molecule has 0 aromatic heterocycles. The van der Waals surface area contributed by atoms with Gasteiger partial charge in [-0.05, 0) is 47.1 Å². The van der Waals surface area contributed by atoms with Crippen molar-refractivity contribution in [2.75, 3.05) is 0 Å². The van der Waals surface area contributed by atoms with E-state index in [9.17, 15) is 9.90 Å². The molecule has 1 saturated carbocycles. The Labute approximate surface area is 164 Å². The molecule has 4 heteroatoms. The fourth-order valence-electron chi connectivity index (χ4n) is 4.38. The number of carbonyl (C=O) groups is 1. The standard InChI is InChI=1S/C22H22Cl2O2/c1-14-16(10-7-11-17(14)15-8-5-4-6-9-15)12-22(13-18(23)24)19(20(25)26)21(22,2)3/h4-11,13,19H,12H2,1-3H3,(H,25,26)/t19-,22-/m0/s1. The molecule has 1 aliphatic rings. The quantitative estimate of drug-likeness (QED) is 0.656. The van der Waals surface area contributed by atoms with Crippen LogP contribution in [0.2, 0.25) is 0 Å². The number of allylic oxidation sites excluding steroid dienone is 1. The van der Waals surface area contributed by atoms with Gasteiger partial charge in [0.1, 0.15) is 4.49 Å². The number of rotatable bonds is 5. The monoisotopic (exact) mass is 388 g/mol. The van der Waals surface area contributed by atoms with E-state index < -0.39 is 22.7 Å². The molecule has 1 aliphatic carbocycles. The number of carboxylic acid groups (broad SMARTS) is 1. The van der Waals surface area contributed by atoms with E-state index in [2.05, 4.69) is 31.2 Å². The molecule has 0 unspecified atom stereocenters. The van der Waals surface area contributed by atoms with Gasteiger partial charge in [-0.3, -0.25) is 4.79 Å². The maximum Gasteiger partial charge on any atom is 0.307 e. The lowest BCUT2D eigenvalue weighted by Gasteiger charge is -2.19. The zero-order valence-corrected chi connectivity index (χ0v) is 16.6. The molecule has 1 N–H and O–H groups in total. The minimum atomic E-state index is -0.808. The van der Waals surface area contributed by atoms with Crippen LogP contribution >= 0.6 is 23.2 Å². The van der Waals surface area contributed by atoms with Gasteiger partial charge >= 0.3 is 5.97 Å². The predicted octanol–water partition coefficient (Wildman–Crippen LogP) is 6.25. The summed E-state index contributed by atoms with van der Waals surface area (Å²) in [7, 11) is 0. The number of hydrogen-bond acceptors (Lipinski definition) is 1. The van der Waals surface area contributed by atoms with Gasteiger partial charge in [-0.1, -0.05) is 85.6 Å². The molecule has 2 atom stereocenters. The Morgan fingerprint density at radius 3 is 2.31 bits per heavy atom. The van der Waals surface area contributed by atoms with Crippen LogP contribution in [0, 0.1) is 23.7 Å². The summed E-state index contributed by atoms with van der Waals surface area (Å²) in [4.78, 5) is 11.8. The predicted molar refractivity (Wildman–Crippen MR) is 107 cm³/mol. The van der Waals surface area contributed by atoms with Crippen molar-refractivity contribution in [1.82, 2.24) is 0 Å². The van der Waals surface area contributed by atoms with Crippen molar-refractivity contribution in [3.63, 3.8) is 0 Å². The molecule has 3 rings (SSSR count).